The molecule has 0 amide bonds. The Hall–Kier alpha value is -2.40. The summed E-state index contributed by atoms with van der Waals surface area (Å²) in [6.07, 6.45) is 4.62. The molecule has 0 aliphatic rings. The summed E-state index contributed by atoms with van der Waals surface area (Å²) in [7, 11) is 0. The van der Waals surface area contributed by atoms with Gasteiger partial charge in [0, 0.05) is 23.7 Å². The molecule has 0 radical (unpaired) electrons. The predicted octanol–water partition coefficient (Wildman–Crippen LogP) is 5.56. The van der Waals surface area contributed by atoms with Gasteiger partial charge in [0.15, 0.2) is 0 Å². The zero-order chi connectivity index (χ0) is 19.4. The van der Waals surface area contributed by atoms with E-state index in [4.69, 9.17) is 15.8 Å². The summed E-state index contributed by atoms with van der Waals surface area (Å²) in [6.45, 7) is 4.61. The minimum atomic E-state index is -0.965. The molecule has 4 nitrogen and oxygen atoms in total. The minimum absolute atomic E-state index is 0. The molecular formula is C23H26Cl2N2O2. The van der Waals surface area contributed by atoms with E-state index in [1.54, 1.807) is 6.08 Å². The lowest BCUT2D eigenvalue weighted by atomic mass is 9.91. The molecule has 0 atom stereocenters. The van der Waals surface area contributed by atoms with Crippen LogP contribution in [-0.2, 0) is 17.8 Å². The Bertz CT molecular complexity index is 1020. The van der Waals surface area contributed by atoms with Crippen molar-refractivity contribution in [1.82, 2.24) is 4.98 Å². The summed E-state index contributed by atoms with van der Waals surface area (Å²) in [5.41, 5.74) is 13.4. The van der Waals surface area contributed by atoms with Gasteiger partial charge < -0.3 is 10.8 Å². The van der Waals surface area contributed by atoms with Crippen LogP contribution in [0.15, 0.2) is 48.5 Å². The van der Waals surface area contributed by atoms with Gasteiger partial charge >= 0.3 is 5.97 Å². The lowest BCUT2D eigenvalue weighted by Gasteiger charge is -2.17. The largest absolute Gasteiger partial charge is 0.478 e. The van der Waals surface area contributed by atoms with E-state index in [0.717, 1.165) is 57.8 Å². The molecule has 6 heteroatoms. The van der Waals surface area contributed by atoms with Crippen LogP contribution in [0.3, 0.4) is 0 Å². The number of hydrogen-bond donors (Lipinski definition) is 2. The zero-order valence-electron chi connectivity index (χ0n) is 16.5. The molecule has 0 unspecified atom stereocenters. The van der Waals surface area contributed by atoms with E-state index in [0.29, 0.717) is 6.54 Å². The number of hydrogen-bond acceptors (Lipinski definition) is 3. The van der Waals surface area contributed by atoms with Crippen LogP contribution in [0.5, 0.6) is 0 Å². The maximum absolute atomic E-state index is 10.9. The van der Waals surface area contributed by atoms with Gasteiger partial charge in [-0.3, -0.25) is 4.98 Å². The molecule has 0 bridgehead atoms. The summed E-state index contributed by atoms with van der Waals surface area (Å²) in [6, 6.07) is 14.2. The van der Waals surface area contributed by atoms with E-state index in [1.807, 2.05) is 18.2 Å². The standard InChI is InChI=1S/C23H24N2O2.2ClH/c1-3-4-20-19(14-24)23(17-9-5-15(2)6-10-17)18-13-16(8-12-22(26)27)7-11-21(18)25-20;;/h5-13H,3-4,14,24H2,1-2H3,(H,26,27);2*1H/b12-8+;;. The quantitative estimate of drug-likeness (QED) is 0.499. The molecule has 1 heterocycles. The maximum Gasteiger partial charge on any atom is 0.328 e. The molecule has 1 aromatic heterocycles. The topological polar surface area (TPSA) is 76.2 Å². The SMILES string of the molecule is CCCc1nc2ccc(/C=C/C(=O)O)cc2c(-c2ccc(C)cc2)c1CN.Cl.Cl. The van der Waals surface area contributed by atoms with Crippen molar-refractivity contribution in [3.63, 3.8) is 0 Å². The minimum Gasteiger partial charge on any atom is -0.478 e. The highest BCUT2D eigenvalue weighted by Crippen LogP contribution is 2.34. The van der Waals surface area contributed by atoms with Crippen LogP contribution < -0.4 is 5.73 Å². The molecule has 0 saturated heterocycles. The number of pyridine rings is 1. The number of aliphatic carboxylic acids is 1. The lowest BCUT2D eigenvalue weighted by molar-refractivity contribution is -0.131. The van der Waals surface area contributed by atoms with Gasteiger partial charge in [-0.15, -0.1) is 24.8 Å². The molecule has 0 saturated carbocycles. The summed E-state index contributed by atoms with van der Waals surface area (Å²) < 4.78 is 0. The fourth-order valence-electron chi connectivity index (χ4n) is 3.36. The Kier molecular flexibility index (Phi) is 9.31. The highest BCUT2D eigenvalue weighted by atomic mass is 35.5. The number of nitrogens with zero attached hydrogens (tertiary/aromatic N) is 1. The van der Waals surface area contributed by atoms with Crippen LogP contribution >= 0.6 is 24.8 Å². The van der Waals surface area contributed by atoms with Crippen molar-refractivity contribution in [3.8, 4) is 11.1 Å². The second-order valence-electron chi connectivity index (χ2n) is 6.68. The van der Waals surface area contributed by atoms with Crippen LogP contribution in [0.1, 0.15) is 35.7 Å². The molecule has 3 rings (SSSR count). The van der Waals surface area contributed by atoms with Gasteiger partial charge in [0.2, 0.25) is 0 Å². The van der Waals surface area contributed by atoms with E-state index in [9.17, 15) is 4.79 Å². The van der Waals surface area contributed by atoms with E-state index in [1.165, 1.54) is 5.56 Å². The van der Waals surface area contributed by atoms with Gasteiger partial charge in [-0.25, -0.2) is 4.79 Å². The number of aromatic nitrogens is 1. The van der Waals surface area contributed by atoms with E-state index in [-0.39, 0.29) is 24.8 Å². The van der Waals surface area contributed by atoms with Gasteiger partial charge in [0.1, 0.15) is 0 Å². The van der Waals surface area contributed by atoms with Crippen molar-refractivity contribution >= 4 is 47.8 Å². The van der Waals surface area contributed by atoms with E-state index < -0.39 is 5.97 Å². The molecule has 3 aromatic rings. The third kappa shape index (κ3) is 5.57. The summed E-state index contributed by atoms with van der Waals surface area (Å²) >= 11 is 0. The Labute approximate surface area is 183 Å². The third-order valence-corrected chi connectivity index (χ3v) is 4.65. The van der Waals surface area contributed by atoms with Crippen LogP contribution in [0, 0.1) is 6.92 Å². The lowest BCUT2D eigenvalue weighted by Crippen LogP contribution is -2.07. The maximum atomic E-state index is 10.9. The molecule has 0 spiro atoms. The molecule has 0 aliphatic heterocycles. The second-order valence-corrected chi connectivity index (χ2v) is 6.68. The van der Waals surface area contributed by atoms with Crippen molar-refractivity contribution < 1.29 is 9.90 Å². The summed E-state index contributed by atoms with van der Waals surface area (Å²) in [5.74, 6) is -0.965. The Morgan fingerprint density at radius 2 is 1.83 bits per heavy atom. The fourth-order valence-corrected chi connectivity index (χ4v) is 3.36. The van der Waals surface area contributed by atoms with Crippen molar-refractivity contribution in [2.24, 2.45) is 5.73 Å². The highest BCUT2D eigenvalue weighted by molar-refractivity contribution is 5.98. The highest BCUT2D eigenvalue weighted by Gasteiger charge is 2.15. The number of carboxylic acids is 1. The van der Waals surface area contributed by atoms with Crippen LogP contribution in [0.2, 0.25) is 0 Å². The van der Waals surface area contributed by atoms with Gasteiger partial charge in [-0.1, -0.05) is 49.2 Å². The van der Waals surface area contributed by atoms with Gasteiger partial charge in [-0.2, -0.15) is 0 Å². The first-order valence-electron chi connectivity index (χ1n) is 9.17. The smallest absolute Gasteiger partial charge is 0.328 e. The van der Waals surface area contributed by atoms with E-state index in [2.05, 4.69) is 38.1 Å². The first-order chi connectivity index (χ1) is 13.0. The third-order valence-electron chi connectivity index (χ3n) is 4.65. The number of carbonyl (C=O) groups is 1. The molecule has 29 heavy (non-hydrogen) atoms. The molecular weight excluding hydrogens is 407 g/mol. The number of carboxylic acid groups (broad SMARTS) is 1. The van der Waals surface area contributed by atoms with Crippen molar-refractivity contribution in [3.05, 3.63) is 70.9 Å². The number of halogens is 2. The average Bonchev–Trinajstić information content (AvgIpc) is 2.66. The van der Waals surface area contributed by atoms with Crippen LogP contribution in [0.4, 0.5) is 0 Å². The van der Waals surface area contributed by atoms with Crippen molar-refractivity contribution in [1.29, 1.82) is 0 Å². The van der Waals surface area contributed by atoms with E-state index >= 15 is 0 Å². The normalized spacial score (nSPS) is 10.6. The average molecular weight is 433 g/mol. The van der Waals surface area contributed by atoms with Crippen molar-refractivity contribution in [2.75, 3.05) is 0 Å². The zero-order valence-corrected chi connectivity index (χ0v) is 18.1. The molecule has 0 aliphatic carbocycles. The van der Waals surface area contributed by atoms with Gasteiger partial charge in [0.25, 0.3) is 0 Å². The first-order valence-corrected chi connectivity index (χ1v) is 9.17. The summed E-state index contributed by atoms with van der Waals surface area (Å²) in [5, 5.41) is 9.90. The number of fused-ring (bicyclic) bond motifs is 1. The number of benzene rings is 2. The number of rotatable bonds is 6. The number of nitrogens with two attached hydrogens (primary N) is 1. The van der Waals surface area contributed by atoms with Crippen LogP contribution in [0.25, 0.3) is 28.1 Å². The van der Waals surface area contributed by atoms with Crippen molar-refractivity contribution in [2.45, 2.75) is 33.2 Å². The molecule has 154 valence electrons. The Morgan fingerprint density at radius 1 is 1.14 bits per heavy atom. The fraction of sp³-hybridized carbons (Fsp3) is 0.217. The van der Waals surface area contributed by atoms with Gasteiger partial charge in [0.05, 0.1) is 5.52 Å². The molecule has 0 fully saturated rings. The predicted molar refractivity (Wildman–Crippen MR) is 125 cm³/mol. The second kappa shape index (κ2) is 11.0. The van der Waals surface area contributed by atoms with Gasteiger partial charge in [-0.05, 0) is 53.8 Å². The number of aryl methyl sites for hydroxylation is 2. The Morgan fingerprint density at radius 3 is 2.41 bits per heavy atom. The first kappa shape index (κ1) is 24.6. The summed E-state index contributed by atoms with van der Waals surface area (Å²) in [4.78, 5) is 15.7. The monoisotopic (exact) mass is 432 g/mol. The molecule has 3 N–H and O–H groups in total. The molecule has 2 aromatic carbocycles. The Balaban J connectivity index is 0.00000210. The van der Waals surface area contributed by atoms with Crippen LogP contribution in [-0.4, -0.2) is 16.1 Å².